The second-order valence-electron chi connectivity index (χ2n) is 1.88. The van der Waals surface area contributed by atoms with Crippen molar-refractivity contribution in [3.8, 4) is 0 Å². The summed E-state index contributed by atoms with van der Waals surface area (Å²) in [5.41, 5.74) is 4.40. The highest BCUT2D eigenvalue weighted by atomic mass is 32.2. The number of aromatic nitrogens is 1. The molecule has 7 nitrogen and oxygen atoms in total. The van der Waals surface area contributed by atoms with Gasteiger partial charge in [0.1, 0.15) is 6.26 Å². The minimum absolute atomic E-state index is 1.01. The molecule has 0 atom stereocenters. The summed E-state index contributed by atoms with van der Waals surface area (Å²) in [5.74, 6) is -2.07. The maximum atomic E-state index is 9.70. The Hall–Kier alpha value is -1.41. The van der Waals surface area contributed by atoms with E-state index in [2.05, 4.69) is 15.4 Å². The molecule has 0 fully saturated rings. The lowest BCUT2D eigenvalue weighted by molar-refractivity contribution is -0.115. The van der Waals surface area contributed by atoms with Gasteiger partial charge >= 0.3 is 0 Å². The Balaban J connectivity index is 0.000000243. The molecule has 0 saturated heterocycles. The van der Waals surface area contributed by atoms with E-state index in [1.807, 2.05) is 0 Å². The van der Waals surface area contributed by atoms with Gasteiger partial charge in [0, 0.05) is 0 Å². The lowest BCUT2D eigenvalue weighted by Gasteiger charge is -1.86. The molecule has 1 rings (SSSR count). The van der Waals surface area contributed by atoms with E-state index in [1.165, 1.54) is 6.26 Å². The average molecular weight is 208 g/mol. The molecule has 13 heavy (non-hydrogen) atoms. The van der Waals surface area contributed by atoms with Crippen molar-refractivity contribution in [1.82, 2.24) is 5.16 Å². The Morgan fingerprint density at radius 2 is 2.23 bits per heavy atom. The number of nitrogens with zero attached hydrogens (tertiary/aromatic N) is 1. The maximum absolute atomic E-state index is 9.70. The third-order valence-corrected chi connectivity index (χ3v) is 1.32. The lowest BCUT2D eigenvalue weighted by Crippen LogP contribution is -2.22. The molecule has 0 aliphatic heterocycles. The van der Waals surface area contributed by atoms with Crippen LogP contribution in [0.4, 0.5) is 0 Å². The van der Waals surface area contributed by atoms with E-state index >= 15 is 0 Å². The minimum atomic E-state index is -4.20. The van der Waals surface area contributed by atoms with Crippen LogP contribution < -0.4 is 5.73 Å². The van der Waals surface area contributed by atoms with Crippen LogP contribution in [-0.4, -0.2) is 29.8 Å². The van der Waals surface area contributed by atoms with Gasteiger partial charge in [-0.2, -0.15) is 8.42 Å². The van der Waals surface area contributed by atoms with Crippen LogP contribution in [0, 0.1) is 0 Å². The zero-order valence-corrected chi connectivity index (χ0v) is 7.27. The Bertz CT molecular complexity index is 313. The molecule has 8 heteroatoms. The van der Waals surface area contributed by atoms with E-state index in [1.54, 1.807) is 12.3 Å². The van der Waals surface area contributed by atoms with E-state index in [0.717, 1.165) is 0 Å². The maximum Gasteiger partial charge on any atom is 0.274 e. The molecule has 0 radical (unpaired) electrons. The monoisotopic (exact) mass is 208 g/mol. The van der Waals surface area contributed by atoms with Crippen molar-refractivity contribution in [2.24, 2.45) is 5.73 Å². The van der Waals surface area contributed by atoms with Crippen molar-refractivity contribution in [2.75, 3.05) is 5.75 Å². The molecular weight excluding hydrogens is 200 g/mol. The molecule has 0 aliphatic carbocycles. The van der Waals surface area contributed by atoms with Crippen molar-refractivity contribution in [2.45, 2.75) is 0 Å². The molecule has 74 valence electrons. The molecule has 1 aromatic rings. The highest BCUT2D eigenvalue weighted by Gasteiger charge is 2.07. The van der Waals surface area contributed by atoms with Gasteiger partial charge in [-0.1, -0.05) is 5.16 Å². The first-order valence-corrected chi connectivity index (χ1v) is 4.60. The quantitative estimate of drug-likeness (QED) is 0.603. The van der Waals surface area contributed by atoms with Gasteiger partial charge in [-0.05, 0) is 6.07 Å². The van der Waals surface area contributed by atoms with Crippen LogP contribution in [0.1, 0.15) is 0 Å². The number of hydrogen-bond acceptors (Lipinski definition) is 5. The summed E-state index contributed by atoms with van der Waals surface area (Å²) in [7, 11) is -4.20. The number of rotatable bonds is 2. The van der Waals surface area contributed by atoms with Gasteiger partial charge in [0.15, 0.2) is 5.75 Å². The molecule has 3 N–H and O–H groups in total. The van der Waals surface area contributed by atoms with Crippen LogP contribution in [0.15, 0.2) is 23.0 Å². The second kappa shape index (κ2) is 5.27. The fraction of sp³-hybridized carbons (Fsp3) is 0.200. The molecule has 1 amide bonds. The van der Waals surface area contributed by atoms with E-state index in [-0.39, 0.29) is 0 Å². The molecular formula is C5H8N2O5S. The summed E-state index contributed by atoms with van der Waals surface area (Å²) in [5, 5.41) is 3.35. The first kappa shape index (κ1) is 11.6. The number of carbonyl (C=O) groups is 1. The topological polar surface area (TPSA) is 123 Å². The van der Waals surface area contributed by atoms with Gasteiger partial charge < -0.3 is 10.3 Å². The number of nitrogens with two attached hydrogens (primary N) is 1. The van der Waals surface area contributed by atoms with E-state index in [0.29, 0.717) is 0 Å². The van der Waals surface area contributed by atoms with E-state index in [4.69, 9.17) is 4.55 Å². The first-order valence-electron chi connectivity index (χ1n) is 2.99. The van der Waals surface area contributed by atoms with Crippen LogP contribution in [0.25, 0.3) is 0 Å². The number of hydrogen-bond donors (Lipinski definition) is 2. The second-order valence-corrected chi connectivity index (χ2v) is 3.33. The van der Waals surface area contributed by atoms with Gasteiger partial charge in [-0.25, -0.2) is 0 Å². The van der Waals surface area contributed by atoms with Crippen LogP contribution >= 0.6 is 0 Å². The summed E-state index contributed by atoms with van der Waals surface area (Å²) >= 11 is 0. The molecule has 0 unspecified atom stereocenters. The summed E-state index contributed by atoms with van der Waals surface area (Å²) in [4.78, 5) is 9.70. The fourth-order valence-electron chi connectivity index (χ4n) is 0.355. The zero-order chi connectivity index (χ0) is 10.3. The Morgan fingerprint density at radius 3 is 2.31 bits per heavy atom. The Morgan fingerprint density at radius 1 is 1.62 bits per heavy atom. The van der Waals surface area contributed by atoms with Gasteiger partial charge in [0.05, 0.1) is 6.20 Å². The smallest absolute Gasteiger partial charge is 0.274 e. The standard InChI is InChI=1S/C3H3NO.C2H5NO4S/c1-2-4-5-3-1;3-2(4)1-8(5,6)7/h1-3H;1H2,(H2,3,4)(H,5,6,7). The van der Waals surface area contributed by atoms with Crippen molar-refractivity contribution in [1.29, 1.82) is 0 Å². The fourth-order valence-corrected chi connectivity index (χ4v) is 0.715. The number of primary amides is 1. The summed E-state index contributed by atoms with van der Waals surface area (Å²) < 4.78 is 31.6. The molecule has 0 saturated carbocycles. The molecule has 0 bridgehead atoms. The van der Waals surface area contributed by atoms with Crippen LogP contribution in [-0.2, 0) is 14.9 Å². The normalized spacial score (nSPS) is 9.92. The molecule has 0 spiro atoms. The van der Waals surface area contributed by atoms with Crippen LogP contribution in [0.2, 0.25) is 0 Å². The summed E-state index contributed by atoms with van der Waals surface area (Å²) in [6.07, 6.45) is 3.10. The Kier molecular flexibility index (Phi) is 4.70. The van der Waals surface area contributed by atoms with Crippen LogP contribution in [0.3, 0.4) is 0 Å². The Labute approximate surface area is 74.3 Å². The first-order chi connectivity index (χ1) is 5.92. The minimum Gasteiger partial charge on any atom is -0.369 e. The average Bonchev–Trinajstić information content (AvgIpc) is 2.33. The van der Waals surface area contributed by atoms with Crippen LogP contribution in [0.5, 0.6) is 0 Å². The largest absolute Gasteiger partial charge is 0.369 e. The van der Waals surface area contributed by atoms with Gasteiger partial charge in [-0.15, -0.1) is 0 Å². The molecule has 0 aliphatic rings. The molecule has 1 aromatic heterocycles. The predicted molar refractivity (Wildman–Crippen MR) is 42.1 cm³/mol. The van der Waals surface area contributed by atoms with E-state index in [9.17, 15) is 13.2 Å². The number of amides is 1. The van der Waals surface area contributed by atoms with Crippen molar-refractivity contribution < 1.29 is 22.3 Å². The van der Waals surface area contributed by atoms with E-state index < -0.39 is 21.8 Å². The number of carbonyl (C=O) groups excluding carboxylic acids is 1. The third-order valence-electron chi connectivity index (χ3n) is 0.672. The lowest BCUT2D eigenvalue weighted by atomic mass is 10.8. The molecule has 1 heterocycles. The van der Waals surface area contributed by atoms with Gasteiger partial charge in [0.25, 0.3) is 10.1 Å². The predicted octanol–water partition coefficient (Wildman–Crippen LogP) is -0.966. The molecule has 0 aromatic carbocycles. The SMILES string of the molecule is NC(=O)CS(=O)(=O)O.c1cnoc1. The van der Waals surface area contributed by atoms with Gasteiger partial charge in [-0.3, -0.25) is 9.35 Å². The summed E-state index contributed by atoms with van der Waals surface area (Å²) in [6.45, 7) is 0. The third kappa shape index (κ3) is 10.6. The highest BCUT2D eigenvalue weighted by Crippen LogP contribution is 1.76. The van der Waals surface area contributed by atoms with Crippen molar-refractivity contribution >= 4 is 16.0 Å². The summed E-state index contributed by atoms with van der Waals surface area (Å²) in [6, 6.07) is 1.72. The zero-order valence-electron chi connectivity index (χ0n) is 6.45. The van der Waals surface area contributed by atoms with Gasteiger partial charge in [0.2, 0.25) is 5.91 Å². The highest BCUT2D eigenvalue weighted by molar-refractivity contribution is 7.86. The van der Waals surface area contributed by atoms with Crippen molar-refractivity contribution in [3.05, 3.63) is 18.5 Å². The van der Waals surface area contributed by atoms with Crippen molar-refractivity contribution in [3.63, 3.8) is 0 Å².